The lowest BCUT2D eigenvalue weighted by Crippen LogP contribution is -2.34. The van der Waals surface area contributed by atoms with Crippen LogP contribution in [0, 0.1) is 6.92 Å². The second-order valence-corrected chi connectivity index (χ2v) is 6.39. The monoisotopic (exact) mass is 302 g/mol. The molecule has 7 heteroatoms. The number of rotatable bonds is 7. The molecule has 0 saturated carbocycles. The lowest BCUT2D eigenvalue weighted by molar-refractivity contribution is 0.253. The minimum absolute atomic E-state index is 0.0324. The molecule has 0 saturated heterocycles. The Hall–Kier alpha value is -1.31. The van der Waals surface area contributed by atoms with E-state index in [0.717, 1.165) is 5.56 Å². The highest BCUT2D eigenvalue weighted by Gasteiger charge is 2.27. The highest BCUT2D eigenvalue weighted by Crippen LogP contribution is 2.31. The Morgan fingerprint density at radius 1 is 1.35 bits per heavy atom. The van der Waals surface area contributed by atoms with Crippen LogP contribution in [0.5, 0.6) is 5.75 Å². The molecule has 20 heavy (non-hydrogen) atoms. The summed E-state index contributed by atoms with van der Waals surface area (Å²) >= 11 is 0. The van der Waals surface area contributed by atoms with E-state index in [1.165, 1.54) is 17.5 Å². The molecule has 0 aliphatic heterocycles. The molecular weight excluding hydrogens is 280 g/mol. The van der Waals surface area contributed by atoms with Crippen LogP contribution in [0.2, 0.25) is 0 Å². The Morgan fingerprint density at radius 3 is 2.50 bits per heavy atom. The van der Waals surface area contributed by atoms with Gasteiger partial charge >= 0.3 is 0 Å². The molecule has 0 aromatic heterocycles. The number of hydrogen-bond donors (Lipinski definition) is 2. The Kier molecular flexibility index (Phi) is 5.79. The number of ether oxygens (including phenoxy) is 1. The van der Waals surface area contributed by atoms with Gasteiger partial charge in [0.05, 0.1) is 13.7 Å². The van der Waals surface area contributed by atoms with Crippen LogP contribution < -0.4 is 10.5 Å². The lowest BCUT2D eigenvalue weighted by Gasteiger charge is -2.22. The number of aryl methyl sites for hydroxylation is 1. The van der Waals surface area contributed by atoms with Crippen LogP contribution in [0.1, 0.15) is 18.9 Å². The van der Waals surface area contributed by atoms with Crippen molar-refractivity contribution in [1.29, 1.82) is 0 Å². The fraction of sp³-hybridized carbons (Fsp3) is 0.538. The van der Waals surface area contributed by atoms with Crippen LogP contribution >= 0.6 is 0 Å². The standard InChI is InChI=1S/C13H22N2O4S/c1-4-5-15(6-7-16)20(17,18)13-9-11(14)10(2)8-12(13)19-3/h8-9,16H,4-7,14H2,1-3H3. The number of sulfonamides is 1. The summed E-state index contributed by atoms with van der Waals surface area (Å²) in [5.74, 6) is 0.260. The van der Waals surface area contributed by atoms with Gasteiger partial charge in [0.1, 0.15) is 10.6 Å². The van der Waals surface area contributed by atoms with E-state index in [1.54, 1.807) is 13.0 Å². The van der Waals surface area contributed by atoms with Crippen molar-refractivity contribution in [2.75, 3.05) is 32.5 Å². The molecule has 1 rings (SSSR count). The average molecular weight is 302 g/mol. The van der Waals surface area contributed by atoms with Crippen LogP contribution in [0.15, 0.2) is 17.0 Å². The van der Waals surface area contributed by atoms with E-state index in [9.17, 15) is 8.42 Å². The minimum Gasteiger partial charge on any atom is -0.495 e. The van der Waals surface area contributed by atoms with Gasteiger partial charge in [-0.1, -0.05) is 6.92 Å². The zero-order valence-electron chi connectivity index (χ0n) is 12.1. The molecule has 0 aliphatic carbocycles. The van der Waals surface area contributed by atoms with Crippen molar-refractivity contribution in [2.24, 2.45) is 0 Å². The molecule has 0 atom stereocenters. The average Bonchev–Trinajstić information content (AvgIpc) is 2.41. The number of nitrogens with zero attached hydrogens (tertiary/aromatic N) is 1. The van der Waals surface area contributed by atoms with Crippen LogP contribution in [0.4, 0.5) is 5.69 Å². The molecule has 3 N–H and O–H groups in total. The van der Waals surface area contributed by atoms with Crippen molar-refractivity contribution in [3.63, 3.8) is 0 Å². The minimum atomic E-state index is -3.74. The fourth-order valence-electron chi connectivity index (χ4n) is 1.89. The summed E-state index contributed by atoms with van der Waals surface area (Å²) in [5.41, 5.74) is 6.95. The molecule has 0 radical (unpaired) electrons. The lowest BCUT2D eigenvalue weighted by atomic mass is 10.2. The molecule has 114 valence electrons. The first-order valence-corrected chi connectivity index (χ1v) is 7.87. The highest BCUT2D eigenvalue weighted by molar-refractivity contribution is 7.89. The molecule has 0 unspecified atom stereocenters. The van der Waals surface area contributed by atoms with E-state index >= 15 is 0 Å². The fourth-order valence-corrected chi connectivity index (χ4v) is 3.59. The third kappa shape index (κ3) is 3.41. The zero-order valence-corrected chi connectivity index (χ0v) is 12.9. The predicted octanol–water partition coefficient (Wildman–Crippen LogP) is 0.979. The van der Waals surface area contributed by atoms with Gasteiger partial charge in [-0.3, -0.25) is 0 Å². The number of nitrogen functional groups attached to an aromatic ring is 1. The molecule has 1 aromatic carbocycles. The normalized spacial score (nSPS) is 11.8. The summed E-state index contributed by atoms with van der Waals surface area (Å²) in [7, 11) is -2.32. The Labute approximate surface area is 120 Å². The van der Waals surface area contributed by atoms with E-state index in [0.29, 0.717) is 18.7 Å². The molecule has 0 spiro atoms. The van der Waals surface area contributed by atoms with E-state index < -0.39 is 10.0 Å². The molecule has 0 fully saturated rings. The topological polar surface area (TPSA) is 92.9 Å². The second-order valence-electron chi connectivity index (χ2n) is 4.49. The summed E-state index contributed by atoms with van der Waals surface area (Å²) in [4.78, 5) is 0.0324. The van der Waals surface area contributed by atoms with Crippen LogP contribution in [0.3, 0.4) is 0 Å². The van der Waals surface area contributed by atoms with Gasteiger partial charge in [0, 0.05) is 18.8 Å². The van der Waals surface area contributed by atoms with E-state index in [-0.39, 0.29) is 23.8 Å². The van der Waals surface area contributed by atoms with Gasteiger partial charge in [0.25, 0.3) is 0 Å². The van der Waals surface area contributed by atoms with Gasteiger partial charge in [-0.25, -0.2) is 8.42 Å². The third-order valence-electron chi connectivity index (χ3n) is 2.99. The van der Waals surface area contributed by atoms with E-state index in [1.807, 2.05) is 6.92 Å². The number of hydrogen-bond acceptors (Lipinski definition) is 5. The number of aliphatic hydroxyl groups excluding tert-OH is 1. The maximum atomic E-state index is 12.6. The van der Waals surface area contributed by atoms with Gasteiger partial charge in [0.2, 0.25) is 10.0 Å². The van der Waals surface area contributed by atoms with E-state index in [4.69, 9.17) is 15.6 Å². The highest BCUT2D eigenvalue weighted by atomic mass is 32.2. The molecule has 0 bridgehead atoms. The largest absolute Gasteiger partial charge is 0.495 e. The maximum Gasteiger partial charge on any atom is 0.246 e. The van der Waals surface area contributed by atoms with Gasteiger partial charge < -0.3 is 15.6 Å². The van der Waals surface area contributed by atoms with Gasteiger partial charge in [-0.15, -0.1) is 0 Å². The summed E-state index contributed by atoms with van der Waals surface area (Å²) in [6.45, 7) is 3.81. The molecule has 6 nitrogen and oxygen atoms in total. The van der Waals surface area contributed by atoms with Gasteiger partial charge in [0.15, 0.2) is 0 Å². The van der Waals surface area contributed by atoms with Crippen molar-refractivity contribution in [3.8, 4) is 5.75 Å². The Bertz CT molecular complexity index is 552. The quantitative estimate of drug-likeness (QED) is 0.732. The summed E-state index contributed by atoms with van der Waals surface area (Å²) in [6.07, 6.45) is 0.656. The predicted molar refractivity (Wildman–Crippen MR) is 78.3 cm³/mol. The first kappa shape index (κ1) is 16.7. The van der Waals surface area contributed by atoms with Gasteiger partial charge in [-0.2, -0.15) is 4.31 Å². The van der Waals surface area contributed by atoms with Crippen molar-refractivity contribution >= 4 is 15.7 Å². The number of anilines is 1. The van der Waals surface area contributed by atoms with E-state index in [2.05, 4.69) is 0 Å². The molecule has 0 amide bonds. The van der Waals surface area contributed by atoms with Crippen molar-refractivity contribution in [3.05, 3.63) is 17.7 Å². The molecule has 1 aromatic rings. The van der Waals surface area contributed by atoms with Crippen molar-refractivity contribution < 1.29 is 18.3 Å². The van der Waals surface area contributed by atoms with Crippen LogP contribution in [-0.4, -0.2) is 44.6 Å². The molecule has 0 aliphatic rings. The summed E-state index contributed by atoms with van der Waals surface area (Å²) in [6, 6.07) is 3.01. The maximum absolute atomic E-state index is 12.6. The second kappa shape index (κ2) is 6.92. The Morgan fingerprint density at radius 2 is 2.00 bits per heavy atom. The first-order chi connectivity index (χ1) is 9.38. The number of benzene rings is 1. The van der Waals surface area contributed by atoms with Crippen LogP contribution in [0.25, 0.3) is 0 Å². The molecule has 0 heterocycles. The SMILES string of the molecule is CCCN(CCO)S(=O)(=O)c1cc(N)c(C)cc1OC. The van der Waals surface area contributed by atoms with Crippen LogP contribution in [-0.2, 0) is 10.0 Å². The number of nitrogens with two attached hydrogens (primary N) is 1. The molecular formula is C13H22N2O4S. The number of aliphatic hydroxyl groups is 1. The number of methoxy groups -OCH3 is 1. The van der Waals surface area contributed by atoms with Gasteiger partial charge in [-0.05, 0) is 31.0 Å². The Balaban J connectivity index is 3.36. The van der Waals surface area contributed by atoms with Crippen molar-refractivity contribution in [1.82, 2.24) is 4.31 Å². The summed E-state index contributed by atoms with van der Waals surface area (Å²) in [5, 5.41) is 9.04. The van der Waals surface area contributed by atoms with Crippen molar-refractivity contribution in [2.45, 2.75) is 25.2 Å². The smallest absolute Gasteiger partial charge is 0.246 e. The third-order valence-corrected chi connectivity index (χ3v) is 4.91. The zero-order chi connectivity index (χ0) is 15.3. The summed E-state index contributed by atoms with van der Waals surface area (Å²) < 4.78 is 31.7. The first-order valence-electron chi connectivity index (χ1n) is 6.43.